The summed E-state index contributed by atoms with van der Waals surface area (Å²) < 4.78 is 52.4. The van der Waals surface area contributed by atoms with E-state index in [0.29, 0.717) is 16.8 Å². The summed E-state index contributed by atoms with van der Waals surface area (Å²) >= 11 is 0. The van der Waals surface area contributed by atoms with Crippen LogP contribution in [0.15, 0.2) is 41.3 Å². The van der Waals surface area contributed by atoms with Crippen LogP contribution in [-0.2, 0) is 16.6 Å². The molecular formula is C14H14F2N2O2S. The van der Waals surface area contributed by atoms with Gasteiger partial charge in [-0.05, 0) is 48.4 Å². The first-order valence-electron chi connectivity index (χ1n) is 6.09. The summed E-state index contributed by atoms with van der Waals surface area (Å²) in [6.45, 7) is 1.56. The van der Waals surface area contributed by atoms with E-state index < -0.39 is 21.7 Å². The van der Waals surface area contributed by atoms with Gasteiger partial charge in [-0.1, -0.05) is 6.07 Å². The molecule has 2 rings (SSSR count). The summed E-state index contributed by atoms with van der Waals surface area (Å²) in [5.41, 5.74) is 7.10. The van der Waals surface area contributed by atoms with Crippen molar-refractivity contribution in [2.45, 2.75) is 18.4 Å². The van der Waals surface area contributed by atoms with E-state index in [4.69, 9.17) is 5.73 Å². The van der Waals surface area contributed by atoms with Gasteiger partial charge in [-0.25, -0.2) is 21.9 Å². The number of benzene rings is 2. The molecule has 0 aliphatic rings. The van der Waals surface area contributed by atoms with Crippen LogP contribution in [0.5, 0.6) is 0 Å². The second-order valence-electron chi connectivity index (χ2n) is 4.59. The van der Waals surface area contributed by atoms with Gasteiger partial charge in [0.05, 0.1) is 4.90 Å². The number of sulfonamides is 1. The van der Waals surface area contributed by atoms with Crippen molar-refractivity contribution in [3.05, 3.63) is 59.2 Å². The summed E-state index contributed by atoms with van der Waals surface area (Å²) in [6.07, 6.45) is 0. The van der Waals surface area contributed by atoms with E-state index in [-0.39, 0.29) is 11.4 Å². The Morgan fingerprint density at radius 3 is 2.43 bits per heavy atom. The monoisotopic (exact) mass is 312 g/mol. The van der Waals surface area contributed by atoms with Crippen LogP contribution < -0.4 is 10.5 Å². The molecule has 0 saturated heterocycles. The van der Waals surface area contributed by atoms with E-state index in [0.717, 1.165) is 12.1 Å². The highest BCUT2D eigenvalue weighted by Crippen LogP contribution is 2.17. The Bertz CT molecular complexity index is 777. The normalized spacial score (nSPS) is 11.6. The molecule has 0 atom stereocenters. The minimum Gasteiger partial charge on any atom is -0.399 e. The molecule has 3 N–H and O–H groups in total. The van der Waals surface area contributed by atoms with Gasteiger partial charge in [-0.15, -0.1) is 0 Å². The second kappa shape index (κ2) is 5.79. The van der Waals surface area contributed by atoms with Crippen LogP contribution in [0.1, 0.15) is 11.1 Å². The molecule has 112 valence electrons. The van der Waals surface area contributed by atoms with Crippen LogP contribution in [0.2, 0.25) is 0 Å². The summed E-state index contributed by atoms with van der Waals surface area (Å²) in [4.78, 5) is 0.0665. The summed E-state index contributed by atoms with van der Waals surface area (Å²) in [5, 5.41) is 0. The molecule has 7 heteroatoms. The number of anilines is 1. The molecule has 4 nitrogen and oxygen atoms in total. The first-order chi connectivity index (χ1) is 9.79. The molecule has 0 radical (unpaired) electrons. The van der Waals surface area contributed by atoms with Gasteiger partial charge < -0.3 is 5.73 Å². The third kappa shape index (κ3) is 3.56. The number of nitrogens with two attached hydrogens (primary N) is 1. The summed E-state index contributed by atoms with van der Waals surface area (Å²) in [5.74, 6) is -1.99. The fourth-order valence-corrected chi connectivity index (χ4v) is 2.83. The van der Waals surface area contributed by atoms with E-state index in [2.05, 4.69) is 4.72 Å². The van der Waals surface area contributed by atoms with Gasteiger partial charge in [-0.2, -0.15) is 0 Å². The third-order valence-electron chi connectivity index (χ3n) is 3.00. The van der Waals surface area contributed by atoms with E-state index >= 15 is 0 Å². The highest BCUT2D eigenvalue weighted by molar-refractivity contribution is 7.89. The molecule has 0 aliphatic heterocycles. The maximum atomic E-state index is 13.1. The fraction of sp³-hybridized carbons (Fsp3) is 0.143. The number of hydrogen-bond donors (Lipinski definition) is 2. The van der Waals surface area contributed by atoms with Crippen LogP contribution in [0.25, 0.3) is 0 Å². The molecule has 0 fully saturated rings. The van der Waals surface area contributed by atoms with Crippen molar-refractivity contribution in [1.29, 1.82) is 0 Å². The number of nitrogen functional groups attached to an aromatic ring is 1. The number of hydrogen-bond acceptors (Lipinski definition) is 3. The Balaban J connectivity index is 2.17. The fourth-order valence-electron chi connectivity index (χ4n) is 1.73. The quantitative estimate of drug-likeness (QED) is 0.851. The van der Waals surface area contributed by atoms with Gasteiger partial charge in [0.1, 0.15) is 0 Å². The topological polar surface area (TPSA) is 72.2 Å². The number of aryl methyl sites for hydroxylation is 1. The zero-order valence-corrected chi connectivity index (χ0v) is 12.0. The SMILES string of the molecule is Cc1cc(S(=O)(=O)NCc2ccc(F)c(F)c2)ccc1N. The van der Waals surface area contributed by atoms with E-state index in [1.54, 1.807) is 6.92 Å². The summed E-state index contributed by atoms with van der Waals surface area (Å²) in [7, 11) is -3.74. The molecule has 0 bridgehead atoms. The van der Waals surface area contributed by atoms with Crippen molar-refractivity contribution in [2.75, 3.05) is 5.73 Å². The molecule has 0 unspecified atom stereocenters. The minimum absolute atomic E-state index is 0.0665. The zero-order chi connectivity index (χ0) is 15.6. The van der Waals surface area contributed by atoms with Crippen molar-refractivity contribution >= 4 is 15.7 Å². The highest BCUT2D eigenvalue weighted by atomic mass is 32.2. The maximum absolute atomic E-state index is 13.1. The molecule has 0 saturated carbocycles. The van der Waals surface area contributed by atoms with Crippen LogP contribution in [0.3, 0.4) is 0 Å². The van der Waals surface area contributed by atoms with E-state index in [9.17, 15) is 17.2 Å². The zero-order valence-electron chi connectivity index (χ0n) is 11.2. The molecule has 0 aromatic heterocycles. The van der Waals surface area contributed by atoms with Gasteiger partial charge >= 0.3 is 0 Å². The molecular weight excluding hydrogens is 298 g/mol. The Morgan fingerprint density at radius 2 is 1.81 bits per heavy atom. The van der Waals surface area contributed by atoms with Crippen molar-refractivity contribution < 1.29 is 17.2 Å². The van der Waals surface area contributed by atoms with Crippen molar-refractivity contribution in [3.8, 4) is 0 Å². The molecule has 0 heterocycles. The average molecular weight is 312 g/mol. The van der Waals surface area contributed by atoms with Gasteiger partial charge in [0.2, 0.25) is 10.0 Å². The number of rotatable bonds is 4. The second-order valence-corrected chi connectivity index (χ2v) is 6.36. The molecule has 0 aliphatic carbocycles. The van der Waals surface area contributed by atoms with Crippen LogP contribution >= 0.6 is 0 Å². The molecule has 2 aromatic carbocycles. The van der Waals surface area contributed by atoms with Gasteiger partial charge in [0, 0.05) is 12.2 Å². The average Bonchev–Trinajstić information content (AvgIpc) is 2.43. The van der Waals surface area contributed by atoms with Crippen LogP contribution in [0.4, 0.5) is 14.5 Å². The number of halogens is 2. The lowest BCUT2D eigenvalue weighted by Gasteiger charge is -2.09. The first kappa shape index (κ1) is 15.4. The van der Waals surface area contributed by atoms with Crippen LogP contribution in [-0.4, -0.2) is 8.42 Å². The van der Waals surface area contributed by atoms with E-state index in [1.807, 2.05) is 0 Å². The van der Waals surface area contributed by atoms with Gasteiger partial charge in [-0.3, -0.25) is 0 Å². The van der Waals surface area contributed by atoms with Gasteiger partial charge in [0.15, 0.2) is 11.6 Å². The lowest BCUT2D eigenvalue weighted by Crippen LogP contribution is -2.23. The van der Waals surface area contributed by atoms with Crippen molar-refractivity contribution in [1.82, 2.24) is 4.72 Å². The molecule has 0 spiro atoms. The standard InChI is InChI=1S/C14H14F2N2O2S/c1-9-6-11(3-5-14(9)17)21(19,20)18-8-10-2-4-12(15)13(16)7-10/h2-7,18H,8,17H2,1H3. The van der Waals surface area contributed by atoms with Crippen molar-refractivity contribution in [2.24, 2.45) is 0 Å². The predicted molar refractivity (Wildman–Crippen MR) is 76.0 cm³/mol. The Hall–Kier alpha value is -1.99. The predicted octanol–water partition coefficient (Wildman–Crippen LogP) is 2.33. The Morgan fingerprint density at radius 1 is 1.10 bits per heavy atom. The highest BCUT2D eigenvalue weighted by Gasteiger charge is 2.15. The lowest BCUT2D eigenvalue weighted by atomic mass is 10.2. The van der Waals surface area contributed by atoms with Crippen LogP contribution in [0, 0.1) is 18.6 Å². The maximum Gasteiger partial charge on any atom is 0.240 e. The minimum atomic E-state index is -3.74. The third-order valence-corrected chi connectivity index (χ3v) is 4.40. The first-order valence-corrected chi connectivity index (χ1v) is 7.57. The van der Waals surface area contributed by atoms with E-state index in [1.165, 1.54) is 24.3 Å². The molecule has 0 amide bonds. The number of nitrogens with one attached hydrogen (secondary N) is 1. The van der Waals surface area contributed by atoms with Gasteiger partial charge in [0.25, 0.3) is 0 Å². The smallest absolute Gasteiger partial charge is 0.240 e. The largest absolute Gasteiger partial charge is 0.399 e. The lowest BCUT2D eigenvalue weighted by molar-refractivity contribution is 0.506. The summed E-state index contributed by atoms with van der Waals surface area (Å²) in [6, 6.07) is 7.55. The molecule has 2 aromatic rings. The molecule has 21 heavy (non-hydrogen) atoms. The Labute approximate surface area is 121 Å². The Kier molecular flexibility index (Phi) is 4.24. The van der Waals surface area contributed by atoms with Crippen molar-refractivity contribution in [3.63, 3.8) is 0 Å².